The van der Waals surface area contributed by atoms with Crippen molar-refractivity contribution < 1.29 is 4.74 Å². The molecule has 0 bridgehead atoms. The van der Waals surface area contributed by atoms with Gasteiger partial charge in [0.05, 0.1) is 0 Å². The fourth-order valence-corrected chi connectivity index (χ4v) is 4.52. The molecule has 2 aliphatic heterocycles. The van der Waals surface area contributed by atoms with Crippen LogP contribution in [0.2, 0.25) is 0 Å². The van der Waals surface area contributed by atoms with Gasteiger partial charge in [-0.2, -0.15) is 0 Å². The van der Waals surface area contributed by atoms with Gasteiger partial charge in [0, 0.05) is 44.4 Å². The molecule has 1 saturated carbocycles. The molecular weight excluding hydrogens is 260 g/mol. The lowest BCUT2D eigenvalue weighted by Gasteiger charge is -2.52. The largest absolute Gasteiger partial charge is 0.381 e. The number of nitrogens with one attached hydrogen (secondary N) is 1. The van der Waals surface area contributed by atoms with Crippen LogP contribution >= 0.6 is 0 Å². The van der Waals surface area contributed by atoms with Crippen LogP contribution in [0.4, 0.5) is 0 Å². The predicted octanol–water partition coefficient (Wildman–Crippen LogP) is 3.05. The van der Waals surface area contributed by atoms with Gasteiger partial charge in [-0.3, -0.25) is 4.90 Å². The van der Waals surface area contributed by atoms with Gasteiger partial charge in [-0.1, -0.05) is 33.6 Å². The van der Waals surface area contributed by atoms with Crippen molar-refractivity contribution in [2.75, 3.05) is 32.8 Å². The van der Waals surface area contributed by atoms with Crippen molar-refractivity contribution in [2.45, 2.75) is 70.9 Å². The third-order valence-electron chi connectivity index (χ3n) is 6.15. The van der Waals surface area contributed by atoms with Crippen LogP contribution in [-0.2, 0) is 4.74 Å². The fourth-order valence-electron chi connectivity index (χ4n) is 4.52. The van der Waals surface area contributed by atoms with Gasteiger partial charge in [0.1, 0.15) is 0 Å². The molecule has 3 rings (SSSR count). The second-order valence-corrected chi connectivity index (χ2v) is 8.69. The van der Waals surface area contributed by atoms with Crippen molar-refractivity contribution in [3.63, 3.8) is 0 Å². The molecule has 3 fully saturated rings. The third kappa shape index (κ3) is 3.46. The van der Waals surface area contributed by atoms with Crippen molar-refractivity contribution >= 4 is 0 Å². The van der Waals surface area contributed by atoms with Gasteiger partial charge in [-0.05, 0) is 37.0 Å². The normalized spacial score (nSPS) is 31.9. The maximum Gasteiger partial charge on any atom is 0.0469 e. The van der Waals surface area contributed by atoms with E-state index in [0.29, 0.717) is 17.0 Å². The second-order valence-electron chi connectivity index (χ2n) is 8.69. The van der Waals surface area contributed by atoms with E-state index in [0.717, 1.165) is 19.1 Å². The van der Waals surface area contributed by atoms with Crippen LogP contribution in [0.5, 0.6) is 0 Å². The number of hydrogen-bond donors (Lipinski definition) is 1. The molecule has 122 valence electrons. The summed E-state index contributed by atoms with van der Waals surface area (Å²) in [6, 6.07) is 0.628. The molecule has 3 aliphatic rings. The van der Waals surface area contributed by atoms with Gasteiger partial charge in [0.2, 0.25) is 0 Å². The Labute approximate surface area is 130 Å². The van der Waals surface area contributed by atoms with Gasteiger partial charge in [0.15, 0.2) is 0 Å². The lowest BCUT2D eigenvalue weighted by molar-refractivity contribution is -0.0141. The molecule has 1 spiro atoms. The van der Waals surface area contributed by atoms with Crippen LogP contribution in [0, 0.1) is 11.3 Å². The minimum atomic E-state index is 0.355. The van der Waals surface area contributed by atoms with Crippen LogP contribution in [0.3, 0.4) is 0 Å². The molecular formula is C18H34N2O. The molecule has 1 atom stereocenters. The van der Waals surface area contributed by atoms with Gasteiger partial charge in [0.25, 0.3) is 0 Å². The number of ether oxygens (including phenoxy) is 1. The summed E-state index contributed by atoms with van der Waals surface area (Å²) >= 11 is 0. The lowest BCUT2D eigenvalue weighted by Crippen LogP contribution is -2.66. The summed E-state index contributed by atoms with van der Waals surface area (Å²) in [5.74, 6) is 0.856. The highest BCUT2D eigenvalue weighted by Crippen LogP contribution is 2.39. The SMILES string of the molecule is CC(C)(C)C1CN(CC2CCOCC2)C2(CCCC2)CN1. The highest BCUT2D eigenvalue weighted by atomic mass is 16.5. The number of rotatable bonds is 2. The molecule has 0 aromatic rings. The molecule has 2 saturated heterocycles. The van der Waals surface area contributed by atoms with Crippen molar-refractivity contribution in [1.29, 1.82) is 0 Å². The summed E-state index contributed by atoms with van der Waals surface area (Å²) in [6.45, 7) is 12.8. The highest BCUT2D eigenvalue weighted by molar-refractivity contribution is 5.04. The molecule has 0 aromatic carbocycles. The third-order valence-corrected chi connectivity index (χ3v) is 6.15. The highest BCUT2D eigenvalue weighted by Gasteiger charge is 2.45. The molecule has 1 aliphatic carbocycles. The molecule has 0 amide bonds. The van der Waals surface area contributed by atoms with Crippen LogP contribution in [0.15, 0.2) is 0 Å². The summed E-state index contributed by atoms with van der Waals surface area (Å²) in [6.07, 6.45) is 8.18. The average molecular weight is 294 g/mol. The fraction of sp³-hybridized carbons (Fsp3) is 1.00. The predicted molar refractivity (Wildman–Crippen MR) is 87.6 cm³/mol. The zero-order valence-corrected chi connectivity index (χ0v) is 14.3. The van der Waals surface area contributed by atoms with E-state index in [1.165, 1.54) is 58.2 Å². The first-order chi connectivity index (χ1) is 10.00. The molecule has 2 heterocycles. The quantitative estimate of drug-likeness (QED) is 0.847. The van der Waals surface area contributed by atoms with E-state index in [9.17, 15) is 0 Å². The Kier molecular flexibility index (Phi) is 4.63. The Morgan fingerprint density at radius 2 is 1.81 bits per heavy atom. The molecule has 0 radical (unpaired) electrons. The van der Waals surface area contributed by atoms with Crippen molar-refractivity contribution in [3.05, 3.63) is 0 Å². The maximum atomic E-state index is 5.55. The summed E-state index contributed by atoms with van der Waals surface area (Å²) in [5, 5.41) is 3.89. The minimum absolute atomic E-state index is 0.355. The Hall–Kier alpha value is -0.120. The summed E-state index contributed by atoms with van der Waals surface area (Å²) in [5.41, 5.74) is 0.828. The van der Waals surface area contributed by atoms with Gasteiger partial charge >= 0.3 is 0 Å². The van der Waals surface area contributed by atoms with E-state index in [2.05, 4.69) is 31.0 Å². The Morgan fingerprint density at radius 3 is 2.43 bits per heavy atom. The smallest absolute Gasteiger partial charge is 0.0469 e. The van der Waals surface area contributed by atoms with Crippen molar-refractivity contribution in [3.8, 4) is 0 Å². The van der Waals surface area contributed by atoms with E-state index in [-0.39, 0.29) is 0 Å². The Bertz CT molecular complexity index is 338. The van der Waals surface area contributed by atoms with Crippen molar-refractivity contribution in [2.24, 2.45) is 11.3 Å². The first-order valence-corrected chi connectivity index (χ1v) is 9.06. The van der Waals surface area contributed by atoms with Crippen LogP contribution in [-0.4, -0.2) is 49.3 Å². The van der Waals surface area contributed by atoms with Crippen molar-refractivity contribution in [1.82, 2.24) is 10.2 Å². The van der Waals surface area contributed by atoms with E-state index < -0.39 is 0 Å². The first kappa shape index (κ1) is 15.8. The molecule has 1 N–H and O–H groups in total. The molecule has 3 nitrogen and oxygen atoms in total. The number of nitrogens with zero attached hydrogens (tertiary/aromatic N) is 1. The lowest BCUT2D eigenvalue weighted by atomic mass is 9.80. The van der Waals surface area contributed by atoms with E-state index in [1.807, 2.05) is 0 Å². The Balaban J connectivity index is 1.70. The zero-order valence-electron chi connectivity index (χ0n) is 14.3. The zero-order chi connectivity index (χ0) is 14.9. The molecule has 21 heavy (non-hydrogen) atoms. The first-order valence-electron chi connectivity index (χ1n) is 9.06. The molecule has 0 aromatic heterocycles. The minimum Gasteiger partial charge on any atom is -0.381 e. The Morgan fingerprint density at radius 1 is 1.14 bits per heavy atom. The van der Waals surface area contributed by atoms with Crippen LogP contribution in [0.1, 0.15) is 59.3 Å². The topological polar surface area (TPSA) is 24.5 Å². The second kappa shape index (κ2) is 6.17. The molecule has 3 heteroatoms. The van der Waals surface area contributed by atoms with Gasteiger partial charge < -0.3 is 10.1 Å². The number of hydrogen-bond acceptors (Lipinski definition) is 3. The molecule has 1 unspecified atom stereocenters. The van der Waals surface area contributed by atoms with Gasteiger partial charge in [-0.25, -0.2) is 0 Å². The summed E-state index contributed by atoms with van der Waals surface area (Å²) in [7, 11) is 0. The number of piperazine rings is 1. The monoisotopic (exact) mass is 294 g/mol. The van der Waals surface area contributed by atoms with E-state index in [4.69, 9.17) is 4.74 Å². The van der Waals surface area contributed by atoms with E-state index in [1.54, 1.807) is 0 Å². The van der Waals surface area contributed by atoms with E-state index >= 15 is 0 Å². The standard InChI is InChI=1S/C18H34N2O/c1-17(2,3)16-13-20(12-15-6-10-21-11-7-15)18(14-19-16)8-4-5-9-18/h15-16,19H,4-14H2,1-3H3. The van der Waals surface area contributed by atoms with Crippen LogP contribution < -0.4 is 5.32 Å². The average Bonchev–Trinajstić information content (AvgIpc) is 2.91. The maximum absolute atomic E-state index is 5.55. The summed E-state index contributed by atoms with van der Waals surface area (Å²) in [4.78, 5) is 2.89. The van der Waals surface area contributed by atoms with Crippen LogP contribution in [0.25, 0.3) is 0 Å². The van der Waals surface area contributed by atoms with Gasteiger partial charge in [-0.15, -0.1) is 0 Å². The summed E-state index contributed by atoms with van der Waals surface area (Å²) < 4.78 is 5.55.